The van der Waals surface area contributed by atoms with Crippen molar-refractivity contribution in [1.82, 2.24) is 4.31 Å². The highest BCUT2D eigenvalue weighted by molar-refractivity contribution is 7.89. The predicted molar refractivity (Wildman–Crippen MR) is 78.0 cm³/mol. The van der Waals surface area contributed by atoms with E-state index in [0.29, 0.717) is 18.1 Å². The summed E-state index contributed by atoms with van der Waals surface area (Å²) in [5.41, 5.74) is 5.83. The molecule has 1 saturated heterocycles. The summed E-state index contributed by atoms with van der Waals surface area (Å²) in [5, 5.41) is 0.387. The maximum Gasteiger partial charge on any atom is 0.246 e. The summed E-state index contributed by atoms with van der Waals surface area (Å²) in [5.74, 6) is 0. The molecule has 0 radical (unpaired) electrons. The minimum absolute atomic E-state index is 0.0271. The molecule has 0 bridgehead atoms. The Labute approximate surface area is 123 Å². The number of halogens is 2. The van der Waals surface area contributed by atoms with E-state index in [1.807, 2.05) is 13.8 Å². The second kappa shape index (κ2) is 4.81. The van der Waals surface area contributed by atoms with Crippen molar-refractivity contribution in [2.24, 2.45) is 5.41 Å². The fourth-order valence-corrected chi connectivity index (χ4v) is 4.82. The Morgan fingerprint density at radius 3 is 2.42 bits per heavy atom. The molecule has 7 heteroatoms. The number of nitrogens with two attached hydrogens (primary N) is 1. The standard InChI is InChI=1S/C12H16Cl2N2O2S/c1-12(2)3-4-16(7-12)19(17,18)11-9(14)5-8(13)6-10(11)15/h5-6H,3-4,7,15H2,1-2H3. The first-order chi connectivity index (χ1) is 8.63. The first-order valence-corrected chi connectivity index (χ1v) is 8.08. The molecule has 0 spiro atoms. The molecular formula is C12H16Cl2N2O2S. The van der Waals surface area contributed by atoms with Crippen LogP contribution in [0.4, 0.5) is 5.69 Å². The van der Waals surface area contributed by atoms with Crippen LogP contribution in [0.25, 0.3) is 0 Å². The van der Waals surface area contributed by atoms with E-state index in [1.54, 1.807) is 0 Å². The fraction of sp³-hybridized carbons (Fsp3) is 0.500. The first-order valence-electron chi connectivity index (χ1n) is 5.88. The highest BCUT2D eigenvalue weighted by atomic mass is 35.5. The third-order valence-electron chi connectivity index (χ3n) is 3.28. The van der Waals surface area contributed by atoms with Gasteiger partial charge in [0.25, 0.3) is 0 Å². The Morgan fingerprint density at radius 1 is 1.32 bits per heavy atom. The number of benzene rings is 1. The van der Waals surface area contributed by atoms with Crippen molar-refractivity contribution in [2.75, 3.05) is 18.8 Å². The van der Waals surface area contributed by atoms with E-state index < -0.39 is 10.0 Å². The zero-order chi connectivity index (χ0) is 14.4. The second-order valence-corrected chi connectivity index (χ2v) is 8.28. The highest BCUT2D eigenvalue weighted by Gasteiger charge is 2.38. The number of hydrogen-bond donors (Lipinski definition) is 1. The smallest absolute Gasteiger partial charge is 0.246 e. The molecule has 0 aliphatic carbocycles. The molecule has 19 heavy (non-hydrogen) atoms. The van der Waals surface area contributed by atoms with Gasteiger partial charge in [0.05, 0.1) is 10.7 Å². The number of nitrogen functional groups attached to an aromatic ring is 1. The second-order valence-electron chi connectivity index (χ2n) is 5.56. The minimum Gasteiger partial charge on any atom is -0.398 e. The van der Waals surface area contributed by atoms with Crippen molar-refractivity contribution in [2.45, 2.75) is 25.2 Å². The number of sulfonamides is 1. The molecule has 1 aliphatic heterocycles. The summed E-state index contributed by atoms with van der Waals surface area (Å²) in [6, 6.07) is 2.80. The molecule has 1 fully saturated rings. The summed E-state index contributed by atoms with van der Waals surface area (Å²) >= 11 is 11.8. The van der Waals surface area contributed by atoms with Crippen molar-refractivity contribution >= 4 is 38.9 Å². The molecule has 1 aromatic rings. The van der Waals surface area contributed by atoms with E-state index in [-0.39, 0.29) is 21.0 Å². The zero-order valence-corrected chi connectivity index (χ0v) is 13.1. The molecule has 0 atom stereocenters. The van der Waals surface area contributed by atoms with Crippen LogP contribution in [0, 0.1) is 5.41 Å². The number of nitrogens with zero attached hydrogens (tertiary/aromatic N) is 1. The van der Waals surface area contributed by atoms with E-state index >= 15 is 0 Å². The van der Waals surface area contributed by atoms with Crippen LogP contribution in [0.5, 0.6) is 0 Å². The highest BCUT2D eigenvalue weighted by Crippen LogP contribution is 2.37. The number of rotatable bonds is 2. The summed E-state index contributed by atoms with van der Waals surface area (Å²) in [6.45, 7) is 5.02. The van der Waals surface area contributed by atoms with E-state index in [1.165, 1.54) is 16.4 Å². The quantitative estimate of drug-likeness (QED) is 0.851. The van der Waals surface area contributed by atoms with Gasteiger partial charge in [-0.05, 0) is 24.0 Å². The predicted octanol–water partition coefficient (Wildman–Crippen LogP) is 3.00. The molecule has 0 saturated carbocycles. The van der Waals surface area contributed by atoms with E-state index in [9.17, 15) is 8.42 Å². The van der Waals surface area contributed by atoms with Gasteiger partial charge in [-0.3, -0.25) is 0 Å². The number of anilines is 1. The normalized spacial score (nSPS) is 19.8. The molecule has 0 unspecified atom stereocenters. The average molecular weight is 323 g/mol. The van der Waals surface area contributed by atoms with Crippen LogP contribution in [-0.4, -0.2) is 25.8 Å². The topological polar surface area (TPSA) is 63.4 Å². The van der Waals surface area contributed by atoms with Crippen LogP contribution in [0.2, 0.25) is 10.0 Å². The lowest BCUT2D eigenvalue weighted by Gasteiger charge is -2.21. The van der Waals surface area contributed by atoms with E-state index in [0.717, 1.165) is 6.42 Å². The van der Waals surface area contributed by atoms with Gasteiger partial charge in [-0.25, -0.2) is 8.42 Å². The lowest BCUT2D eigenvalue weighted by Crippen LogP contribution is -2.31. The minimum atomic E-state index is -3.67. The molecule has 4 nitrogen and oxygen atoms in total. The van der Waals surface area contributed by atoms with Crippen molar-refractivity contribution in [1.29, 1.82) is 0 Å². The maximum atomic E-state index is 12.6. The Kier molecular flexibility index (Phi) is 3.77. The van der Waals surface area contributed by atoms with Crippen LogP contribution in [0.1, 0.15) is 20.3 Å². The van der Waals surface area contributed by atoms with Crippen LogP contribution < -0.4 is 5.73 Å². The summed E-state index contributed by atoms with van der Waals surface area (Å²) in [6.07, 6.45) is 0.817. The van der Waals surface area contributed by atoms with Crippen LogP contribution in [0.15, 0.2) is 17.0 Å². The largest absolute Gasteiger partial charge is 0.398 e. The van der Waals surface area contributed by atoms with Gasteiger partial charge in [-0.1, -0.05) is 37.0 Å². The third-order valence-corrected chi connectivity index (χ3v) is 5.87. The van der Waals surface area contributed by atoms with E-state index in [4.69, 9.17) is 28.9 Å². The van der Waals surface area contributed by atoms with Crippen molar-refractivity contribution < 1.29 is 8.42 Å². The fourth-order valence-electron chi connectivity index (χ4n) is 2.25. The van der Waals surface area contributed by atoms with Crippen molar-refractivity contribution in [3.63, 3.8) is 0 Å². The Hall–Kier alpha value is -0.490. The van der Waals surface area contributed by atoms with Crippen molar-refractivity contribution in [3.05, 3.63) is 22.2 Å². The lowest BCUT2D eigenvalue weighted by atomic mass is 9.93. The van der Waals surface area contributed by atoms with Gasteiger partial charge in [0.15, 0.2) is 0 Å². The van der Waals surface area contributed by atoms with Gasteiger partial charge in [-0.15, -0.1) is 0 Å². The summed E-state index contributed by atoms with van der Waals surface area (Å²) in [4.78, 5) is -0.0451. The first kappa shape index (κ1) is 14.9. The van der Waals surface area contributed by atoms with Gasteiger partial charge in [0.2, 0.25) is 10.0 Å². The SMILES string of the molecule is CC1(C)CCN(S(=O)(=O)c2c(N)cc(Cl)cc2Cl)C1. The lowest BCUT2D eigenvalue weighted by molar-refractivity contribution is 0.375. The average Bonchev–Trinajstić information content (AvgIpc) is 2.57. The van der Waals surface area contributed by atoms with Gasteiger partial charge < -0.3 is 5.73 Å². The summed E-state index contributed by atoms with van der Waals surface area (Å²) in [7, 11) is -3.67. The van der Waals surface area contributed by atoms with Gasteiger partial charge >= 0.3 is 0 Å². The van der Waals surface area contributed by atoms with Crippen LogP contribution in [-0.2, 0) is 10.0 Å². The monoisotopic (exact) mass is 322 g/mol. The van der Waals surface area contributed by atoms with E-state index in [2.05, 4.69) is 0 Å². The molecule has 0 amide bonds. The van der Waals surface area contributed by atoms with Gasteiger partial charge in [-0.2, -0.15) is 4.31 Å². The molecule has 106 valence electrons. The Morgan fingerprint density at radius 2 is 1.95 bits per heavy atom. The van der Waals surface area contributed by atoms with Gasteiger partial charge in [0.1, 0.15) is 4.90 Å². The third kappa shape index (κ3) is 2.84. The molecular weight excluding hydrogens is 307 g/mol. The zero-order valence-electron chi connectivity index (χ0n) is 10.8. The molecule has 1 aromatic carbocycles. The van der Waals surface area contributed by atoms with Gasteiger partial charge in [0, 0.05) is 18.1 Å². The van der Waals surface area contributed by atoms with Crippen LogP contribution in [0.3, 0.4) is 0 Å². The van der Waals surface area contributed by atoms with Crippen LogP contribution >= 0.6 is 23.2 Å². The number of hydrogen-bond acceptors (Lipinski definition) is 3. The summed E-state index contributed by atoms with van der Waals surface area (Å²) < 4.78 is 26.6. The Bertz CT molecular complexity index is 591. The molecule has 0 aromatic heterocycles. The molecule has 2 N–H and O–H groups in total. The Balaban J connectivity index is 2.47. The molecule has 2 rings (SSSR count). The van der Waals surface area contributed by atoms with Crippen molar-refractivity contribution in [3.8, 4) is 0 Å². The maximum absolute atomic E-state index is 12.6. The molecule has 1 heterocycles. The molecule has 1 aliphatic rings.